The van der Waals surface area contributed by atoms with Crippen LogP contribution in [0.5, 0.6) is 0 Å². The number of carbonyl (C=O) groups excluding carboxylic acids is 1. The van der Waals surface area contributed by atoms with Gasteiger partial charge in [-0.05, 0) is 38.8 Å². The molecule has 4 heteroatoms. The van der Waals surface area contributed by atoms with E-state index < -0.39 is 0 Å². The third kappa shape index (κ3) is 3.47. The molecule has 1 unspecified atom stereocenters. The smallest absolute Gasteiger partial charge is 0.234 e. The van der Waals surface area contributed by atoms with Crippen LogP contribution in [0.4, 0.5) is 0 Å². The van der Waals surface area contributed by atoms with Crippen LogP contribution in [0, 0.1) is 0 Å². The second-order valence-electron chi connectivity index (χ2n) is 4.56. The van der Waals surface area contributed by atoms with E-state index in [0.29, 0.717) is 6.54 Å². The van der Waals surface area contributed by atoms with Gasteiger partial charge in [0.05, 0.1) is 6.54 Å². The van der Waals surface area contributed by atoms with Crippen molar-refractivity contribution in [2.45, 2.75) is 31.7 Å². The number of nitrogens with one attached hydrogen (secondary N) is 2. The van der Waals surface area contributed by atoms with Gasteiger partial charge in [0.25, 0.3) is 0 Å². The van der Waals surface area contributed by atoms with Gasteiger partial charge in [0.1, 0.15) is 0 Å². The summed E-state index contributed by atoms with van der Waals surface area (Å²) in [7, 11) is 0. The monoisotopic (exact) mass is 211 g/mol. The minimum absolute atomic E-state index is 0.181. The van der Waals surface area contributed by atoms with E-state index in [9.17, 15) is 4.79 Å². The Hall–Kier alpha value is -0.610. The molecule has 0 aromatic carbocycles. The quantitative estimate of drug-likeness (QED) is 0.685. The zero-order valence-electron chi connectivity index (χ0n) is 9.30. The first-order valence-corrected chi connectivity index (χ1v) is 6.07. The zero-order chi connectivity index (χ0) is 10.5. The first kappa shape index (κ1) is 10.9. The first-order chi connectivity index (χ1) is 7.34. The van der Waals surface area contributed by atoms with E-state index in [4.69, 9.17) is 0 Å². The molecule has 0 saturated carbocycles. The molecule has 0 aromatic rings. The highest BCUT2D eigenvalue weighted by molar-refractivity contribution is 5.78. The van der Waals surface area contributed by atoms with E-state index in [1.165, 1.54) is 32.2 Å². The van der Waals surface area contributed by atoms with Gasteiger partial charge in [0.2, 0.25) is 5.91 Å². The molecule has 15 heavy (non-hydrogen) atoms. The average molecular weight is 211 g/mol. The molecule has 2 heterocycles. The Labute approximate surface area is 91.4 Å². The van der Waals surface area contributed by atoms with Gasteiger partial charge in [-0.2, -0.15) is 0 Å². The Kier molecular flexibility index (Phi) is 3.97. The molecular weight excluding hydrogens is 190 g/mol. The van der Waals surface area contributed by atoms with E-state index in [2.05, 4.69) is 15.5 Å². The Morgan fingerprint density at radius 1 is 1.40 bits per heavy atom. The highest BCUT2D eigenvalue weighted by atomic mass is 16.2. The second kappa shape index (κ2) is 5.47. The van der Waals surface area contributed by atoms with Gasteiger partial charge in [-0.25, -0.2) is 0 Å². The fourth-order valence-corrected chi connectivity index (χ4v) is 2.45. The summed E-state index contributed by atoms with van der Waals surface area (Å²) in [5.74, 6) is 0.181. The first-order valence-electron chi connectivity index (χ1n) is 6.07. The third-order valence-corrected chi connectivity index (χ3v) is 3.31. The number of piperazine rings is 1. The van der Waals surface area contributed by atoms with Gasteiger partial charge in [-0.15, -0.1) is 0 Å². The van der Waals surface area contributed by atoms with Crippen LogP contribution >= 0.6 is 0 Å². The molecule has 0 aliphatic carbocycles. The zero-order valence-corrected chi connectivity index (χ0v) is 9.30. The molecular formula is C11H21N3O. The predicted molar refractivity (Wildman–Crippen MR) is 59.7 cm³/mol. The minimum atomic E-state index is 0.181. The van der Waals surface area contributed by atoms with Crippen molar-refractivity contribution in [3.8, 4) is 0 Å². The van der Waals surface area contributed by atoms with Crippen molar-refractivity contribution in [3.05, 3.63) is 0 Å². The molecule has 1 amide bonds. The van der Waals surface area contributed by atoms with Crippen molar-refractivity contribution in [1.29, 1.82) is 0 Å². The van der Waals surface area contributed by atoms with Gasteiger partial charge in [0, 0.05) is 19.1 Å². The summed E-state index contributed by atoms with van der Waals surface area (Å²) in [4.78, 5) is 13.4. The summed E-state index contributed by atoms with van der Waals surface area (Å²) in [5.41, 5.74) is 0. The topological polar surface area (TPSA) is 44.4 Å². The lowest BCUT2D eigenvalue weighted by atomic mass is 10.1. The van der Waals surface area contributed by atoms with Crippen LogP contribution in [0.1, 0.15) is 25.7 Å². The molecule has 2 aliphatic heterocycles. The predicted octanol–water partition coefficient (Wildman–Crippen LogP) is -0.0496. The molecule has 2 aliphatic rings. The number of carbonyl (C=O) groups is 1. The van der Waals surface area contributed by atoms with Crippen LogP contribution in [0.3, 0.4) is 0 Å². The van der Waals surface area contributed by atoms with Crippen molar-refractivity contribution in [2.75, 3.05) is 32.7 Å². The Morgan fingerprint density at radius 2 is 2.33 bits per heavy atom. The molecule has 0 aromatic heterocycles. The van der Waals surface area contributed by atoms with Gasteiger partial charge < -0.3 is 10.6 Å². The molecule has 0 bridgehead atoms. The SMILES string of the molecule is O=C1CN(CCCC2CCCN2)CCN1. The lowest BCUT2D eigenvalue weighted by Gasteiger charge is -2.26. The standard InChI is InChI=1S/C11H21N3O/c15-11-9-14(8-6-13-11)7-2-4-10-3-1-5-12-10/h10,12H,1-9H2,(H,13,15). The molecule has 2 saturated heterocycles. The summed E-state index contributed by atoms with van der Waals surface area (Å²) < 4.78 is 0. The van der Waals surface area contributed by atoms with Crippen LogP contribution in [0.2, 0.25) is 0 Å². The molecule has 0 spiro atoms. The normalized spacial score (nSPS) is 28.0. The Bertz CT molecular complexity index is 214. The highest BCUT2D eigenvalue weighted by Gasteiger charge is 2.17. The third-order valence-electron chi connectivity index (χ3n) is 3.31. The largest absolute Gasteiger partial charge is 0.354 e. The van der Waals surface area contributed by atoms with Crippen molar-refractivity contribution >= 4 is 5.91 Å². The maximum atomic E-state index is 11.1. The molecule has 86 valence electrons. The van der Waals surface area contributed by atoms with Crippen LogP contribution in [0.15, 0.2) is 0 Å². The number of amides is 1. The highest BCUT2D eigenvalue weighted by Crippen LogP contribution is 2.11. The molecule has 2 rings (SSSR count). The van der Waals surface area contributed by atoms with Gasteiger partial charge in [-0.3, -0.25) is 9.69 Å². The van der Waals surface area contributed by atoms with E-state index in [0.717, 1.165) is 25.7 Å². The van der Waals surface area contributed by atoms with E-state index in [1.807, 2.05) is 0 Å². The Morgan fingerprint density at radius 3 is 3.07 bits per heavy atom. The summed E-state index contributed by atoms with van der Waals surface area (Å²) in [6.07, 6.45) is 5.14. The summed E-state index contributed by atoms with van der Waals surface area (Å²) in [6.45, 7) is 4.70. The van der Waals surface area contributed by atoms with Gasteiger partial charge in [0.15, 0.2) is 0 Å². The van der Waals surface area contributed by atoms with E-state index >= 15 is 0 Å². The molecule has 2 N–H and O–H groups in total. The second-order valence-corrected chi connectivity index (χ2v) is 4.56. The van der Waals surface area contributed by atoms with Crippen LogP contribution in [0.25, 0.3) is 0 Å². The number of hydrogen-bond acceptors (Lipinski definition) is 3. The lowest BCUT2D eigenvalue weighted by Crippen LogP contribution is -2.47. The number of hydrogen-bond donors (Lipinski definition) is 2. The number of nitrogens with zero attached hydrogens (tertiary/aromatic N) is 1. The van der Waals surface area contributed by atoms with Crippen molar-refractivity contribution in [3.63, 3.8) is 0 Å². The maximum Gasteiger partial charge on any atom is 0.234 e. The van der Waals surface area contributed by atoms with E-state index in [-0.39, 0.29) is 5.91 Å². The van der Waals surface area contributed by atoms with Crippen LogP contribution in [-0.4, -0.2) is 49.6 Å². The Balaban J connectivity index is 1.58. The molecule has 1 atom stereocenters. The molecule has 2 fully saturated rings. The van der Waals surface area contributed by atoms with E-state index in [1.54, 1.807) is 0 Å². The fraction of sp³-hybridized carbons (Fsp3) is 0.909. The lowest BCUT2D eigenvalue weighted by molar-refractivity contribution is -0.124. The summed E-state index contributed by atoms with van der Waals surface area (Å²) in [6, 6.07) is 0.739. The summed E-state index contributed by atoms with van der Waals surface area (Å²) in [5, 5.41) is 6.36. The van der Waals surface area contributed by atoms with Gasteiger partial charge >= 0.3 is 0 Å². The van der Waals surface area contributed by atoms with Crippen LogP contribution < -0.4 is 10.6 Å². The average Bonchev–Trinajstić information content (AvgIpc) is 2.71. The maximum absolute atomic E-state index is 11.1. The van der Waals surface area contributed by atoms with Crippen molar-refractivity contribution < 1.29 is 4.79 Å². The van der Waals surface area contributed by atoms with Gasteiger partial charge in [-0.1, -0.05) is 0 Å². The molecule has 0 radical (unpaired) electrons. The number of rotatable bonds is 4. The van der Waals surface area contributed by atoms with Crippen molar-refractivity contribution in [2.24, 2.45) is 0 Å². The fourth-order valence-electron chi connectivity index (χ4n) is 2.45. The van der Waals surface area contributed by atoms with Crippen LogP contribution in [-0.2, 0) is 4.79 Å². The molecule has 4 nitrogen and oxygen atoms in total. The van der Waals surface area contributed by atoms with Crippen molar-refractivity contribution in [1.82, 2.24) is 15.5 Å². The summed E-state index contributed by atoms with van der Waals surface area (Å²) >= 11 is 0. The minimum Gasteiger partial charge on any atom is -0.354 e.